The van der Waals surface area contributed by atoms with Crippen LogP contribution in [0, 0.1) is 0 Å². The molecule has 3 rings (SSSR count). The molecule has 0 aliphatic carbocycles. The highest BCUT2D eigenvalue weighted by Gasteiger charge is 2.34. The fraction of sp³-hybridized carbons (Fsp3) is 0.111. The molecule has 24 heavy (non-hydrogen) atoms. The smallest absolute Gasteiger partial charge is 0.270 e. The molecule has 3 nitrogen and oxygen atoms in total. The van der Waals surface area contributed by atoms with E-state index >= 15 is 0 Å². The Morgan fingerprint density at radius 2 is 1.42 bits per heavy atom. The first-order valence-electron chi connectivity index (χ1n) is 7.17. The number of imide groups is 1. The van der Waals surface area contributed by atoms with Gasteiger partial charge in [-0.3, -0.25) is 14.5 Å². The summed E-state index contributed by atoms with van der Waals surface area (Å²) in [5, 5.41) is 0. The Hall–Kier alpha value is -2.89. The molecule has 0 radical (unpaired) electrons. The average Bonchev–Trinajstić information content (AvgIpc) is 2.80. The second-order valence-electron chi connectivity index (χ2n) is 5.29. The van der Waals surface area contributed by atoms with E-state index in [1.54, 1.807) is 36.4 Å². The lowest BCUT2D eigenvalue weighted by molar-refractivity contribution is -0.137. The van der Waals surface area contributed by atoms with Gasteiger partial charge in [-0.1, -0.05) is 36.4 Å². The van der Waals surface area contributed by atoms with E-state index in [9.17, 15) is 22.8 Å². The summed E-state index contributed by atoms with van der Waals surface area (Å²) in [6, 6.07) is 11.2. The number of rotatable bonds is 3. The number of halogens is 3. The maximum absolute atomic E-state index is 12.5. The SMILES string of the molecule is O=C1c2ccccc2C(=O)N1C/C=C/c1ccc(C(F)(F)F)cc1. The van der Waals surface area contributed by atoms with E-state index in [0.717, 1.165) is 17.0 Å². The third-order valence-electron chi connectivity index (χ3n) is 3.71. The van der Waals surface area contributed by atoms with E-state index in [4.69, 9.17) is 0 Å². The van der Waals surface area contributed by atoms with Crippen LogP contribution in [-0.2, 0) is 6.18 Å². The van der Waals surface area contributed by atoms with Crippen molar-refractivity contribution in [1.82, 2.24) is 4.90 Å². The van der Waals surface area contributed by atoms with Gasteiger partial charge < -0.3 is 0 Å². The number of fused-ring (bicyclic) bond motifs is 1. The van der Waals surface area contributed by atoms with Gasteiger partial charge in [0.1, 0.15) is 0 Å². The van der Waals surface area contributed by atoms with Gasteiger partial charge in [0.2, 0.25) is 0 Å². The summed E-state index contributed by atoms with van der Waals surface area (Å²) in [6.07, 6.45) is -1.23. The van der Waals surface area contributed by atoms with Crippen LogP contribution in [0.5, 0.6) is 0 Å². The lowest BCUT2D eigenvalue weighted by Crippen LogP contribution is -2.29. The van der Waals surface area contributed by atoms with Crippen LogP contribution in [0.3, 0.4) is 0 Å². The van der Waals surface area contributed by atoms with Crippen LogP contribution in [0.4, 0.5) is 13.2 Å². The van der Waals surface area contributed by atoms with Crippen molar-refractivity contribution < 1.29 is 22.8 Å². The fourth-order valence-corrected chi connectivity index (χ4v) is 2.48. The lowest BCUT2D eigenvalue weighted by Gasteiger charge is -2.10. The standard InChI is InChI=1S/C18H12F3NO2/c19-18(20,21)13-9-7-12(8-10-13)4-3-11-22-16(23)14-5-1-2-6-15(14)17(22)24/h1-10H,11H2/b4-3+. The molecule has 2 amide bonds. The van der Waals surface area contributed by atoms with Gasteiger partial charge in [0, 0.05) is 6.54 Å². The molecule has 122 valence electrons. The first-order chi connectivity index (χ1) is 11.4. The van der Waals surface area contributed by atoms with Crippen LogP contribution in [0.25, 0.3) is 6.08 Å². The van der Waals surface area contributed by atoms with Gasteiger partial charge in [-0.2, -0.15) is 13.2 Å². The lowest BCUT2D eigenvalue weighted by atomic mass is 10.1. The van der Waals surface area contributed by atoms with Crippen molar-refractivity contribution in [2.24, 2.45) is 0 Å². The summed E-state index contributed by atoms with van der Waals surface area (Å²) in [7, 11) is 0. The van der Waals surface area contributed by atoms with E-state index < -0.39 is 11.7 Å². The Morgan fingerprint density at radius 3 is 1.92 bits per heavy atom. The maximum atomic E-state index is 12.5. The number of nitrogens with zero attached hydrogens (tertiary/aromatic N) is 1. The Bertz CT molecular complexity index is 788. The minimum atomic E-state index is -4.37. The predicted molar refractivity (Wildman–Crippen MR) is 82.3 cm³/mol. The molecule has 6 heteroatoms. The first kappa shape index (κ1) is 16.0. The molecule has 0 N–H and O–H groups in total. The molecule has 1 heterocycles. The molecule has 2 aromatic rings. The molecule has 0 fully saturated rings. The highest BCUT2D eigenvalue weighted by atomic mass is 19.4. The molecule has 2 aromatic carbocycles. The zero-order chi connectivity index (χ0) is 17.3. The zero-order valence-corrected chi connectivity index (χ0v) is 12.4. The number of hydrogen-bond acceptors (Lipinski definition) is 2. The summed E-state index contributed by atoms with van der Waals surface area (Å²) in [5.74, 6) is -0.736. The van der Waals surface area contributed by atoms with Gasteiger partial charge in [-0.25, -0.2) is 0 Å². The Kier molecular flexibility index (Phi) is 3.97. The van der Waals surface area contributed by atoms with Crippen LogP contribution >= 0.6 is 0 Å². The molecule has 0 saturated heterocycles. The van der Waals surface area contributed by atoms with Crippen molar-refractivity contribution in [2.75, 3.05) is 6.54 Å². The molecular formula is C18H12F3NO2. The second kappa shape index (κ2) is 5.96. The van der Waals surface area contributed by atoms with Crippen molar-refractivity contribution in [1.29, 1.82) is 0 Å². The number of carbonyl (C=O) groups is 2. The van der Waals surface area contributed by atoms with E-state index in [-0.39, 0.29) is 18.4 Å². The number of alkyl halides is 3. The minimum absolute atomic E-state index is 0.0629. The van der Waals surface area contributed by atoms with E-state index in [1.165, 1.54) is 12.1 Å². The first-order valence-corrected chi connectivity index (χ1v) is 7.17. The van der Waals surface area contributed by atoms with Crippen LogP contribution in [-0.4, -0.2) is 23.3 Å². The predicted octanol–water partition coefficient (Wildman–Crippen LogP) is 4.01. The molecule has 0 bridgehead atoms. The van der Waals surface area contributed by atoms with Crippen molar-refractivity contribution >= 4 is 17.9 Å². The van der Waals surface area contributed by atoms with Gasteiger partial charge >= 0.3 is 6.18 Å². The van der Waals surface area contributed by atoms with Crippen LogP contribution in [0.1, 0.15) is 31.8 Å². The third kappa shape index (κ3) is 2.95. The van der Waals surface area contributed by atoms with E-state index in [1.807, 2.05) is 0 Å². The minimum Gasteiger partial charge on any atom is -0.270 e. The summed E-state index contributed by atoms with van der Waals surface area (Å²) in [5.41, 5.74) is 0.565. The van der Waals surface area contributed by atoms with Crippen molar-refractivity contribution in [3.63, 3.8) is 0 Å². The van der Waals surface area contributed by atoms with Gasteiger partial charge in [0.25, 0.3) is 11.8 Å². The summed E-state index contributed by atoms with van der Waals surface area (Å²) >= 11 is 0. The topological polar surface area (TPSA) is 37.4 Å². The van der Waals surface area contributed by atoms with Crippen molar-refractivity contribution in [3.8, 4) is 0 Å². The molecule has 0 unspecified atom stereocenters. The highest BCUT2D eigenvalue weighted by molar-refractivity contribution is 6.21. The normalized spacial score (nSPS) is 14.5. The van der Waals surface area contributed by atoms with Crippen LogP contribution in [0.15, 0.2) is 54.6 Å². The molecule has 1 aliphatic heterocycles. The van der Waals surface area contributed by atoms with Gasteiger partial charge in [-0.15, -0.1) is 0 Å². The Morgan fingerprint density at radius 1 is 0.875 bits per heavy atom. The summed E-state index contributed by atoms with van der Waals surface area (Å²) in [4.78, 5) is 25.4. The number of amides is 2. The molecule has 0 aromatic heterocycles. The van der Waals surface area contributed by atoms with Gasteiger partial charge in [0.15, 0.2) is 0 Å². The van der Waals surface area contributed by atoms with Crippen molar-refractivity contribution in [3.05, 3.63) is 76.9 Å². The van der Waals surface area contributed by atoms with E-state index in [0.29, 0.717) is 16.7 Å². The zero-order valence-electron chi connectivity index (χ0n) is 12.4. The monoisotopic (exact) mass is 331 g/mol. The maximum Gasteiger partial charge on any atom is 0.416 e. The quantitative estimate of drug-likeness (QED) is 0.797. The Balaban J connectivity index is 1.69. The van der Waals surface area contributed by atoms with Crippen LogP contribution < -0.4 is 0 Å². The van der Waals surface area contributed by atoms with Crippen LogP contribution in [0.2, 0.25) is 0 Å². The molecule has 0 atom stereocenters. The second-order valence-corrected chi connectivity index (χ2v) is 5.29. The van der Waals surface area contributed by atoms with Crippen molar-refractivity contribution in [2.45, 2.75) is 6.18 Å². The number of carbonyl (C=O) groups excluding carboxylic acids is 2. The number of benzene rings is 2. The molecule has 0 spiro atoms. The highest BCUT2D eigenvalue weighted by Crippen LogP contribution is 2.29. The Labute approximate surface area is 136 Å². The van der Waals surface area contributed by atoms with Gasteiger partial charge in [-0.05, 0) is 29.8 Å². The summed E-state index contributed by atoms with van der Waals surface area (Å²) < 4.78 is 37.5. The average molecular weight is 331 g/mol. The molecular weight excluding hydrogens is 319 g/mol. The molecule has 1 aliphatic rings. The number of hydrogen-bond donors (Lipinski definition) is 0. The molecule has 0 saturated carbocycles. The summed E-state index contributed by atoms with van der Waals surface area (Å²) in [6.45, 7) is 0.0629. The largest absolute Gasteiger partial charge is 0.416 e. The fourth-order valence-electron chi connectivity index (χ4n) is 2.48. The van der Waals surface area contributed by atoms with E-state index in [2.05, 4.69) is 0 Å². The third-order valence-corrected chi connectivity index (χ3v) is 3.71. The van der Waals surface area contributed by atoms with Gasteiger partial charge in [0.05, 0.1) is 16.7 Å².